The molecule has 4 nitrogen and oxygen atoms in total. The van der Waals surface area contributed by atoms with Crippen molar-refractivity contribution in [1.29, 1.82) is 0 Å². The van der Waals surface area contributed by atoms with Crippen LogP contribution in [0.15, 0.2) is 55.1 Å². The van der Waals surface area contributed by atoms with Crippen LogP contribution in [0, 0.1) is 0 Å². The number of esters is 1. The van der Waals surface area contributed by atoms with Gasteiger partial charge in [0.1, 0.15) is 5.75 Å². The summed E-state index contributed by atoms with van der Waals surface area (Å²) < 4.78 is 5.33. The van der Waals surface area contributed by atoms with Gasteiger partial charge >= 0.3 is 11.9 Å². The van der Waals surface area contributed by atoms with Gasteiger partial charge in [0, 0.05) is 0 Å². The number of carboxylic acids is 1. The molecule has 0 aliphatic heterocycles. The van der Waals surface area contributed by atoms with E-state index >= 15 is 0 Å². The first kappa shape index (κ1) is 19.4. The first-order valence-corrected chi connectivity index (χ1v) is 8.85. The average molecular weight is 352 g/mol. The predicted octanol–water partition coefficient (Wildman–Crippen LogP) is 5.13. The Hall–Kier alpha value is -2.88. The molecule has 0 unspecified atom stereocenters. The van der Waals surface area contributed by atoms with Crippen molar-refractivity contribution in [3.8, 4) is 5.75 Å². The number of unbranched alkanes of at least 4 members (excludes halogenated alkanes) is 3. The number of aliphatic carboxylic acids is 1. The fourth-order valence-electron chi connectivity index (χ4n) is 2.58. The molecular formula is C22H24O4. The molecule has 0 radical (unpaired) electrons. The van der Waals surface area contributed by atoms with E-state index in [-0.39, 0.29) is 5.57 Å². The van der Waals surface area contributed by atoms with Gasteiger partial charge in [0.05, 0.1) is 11.1 Å². The first-order chi connectivity index (χ1) is 12.5. The number of hydrogen-bond acceptors (Lipinski definition) is 3. The molecule has 0 heterocycles. The first-order valence-electron chi connectivity index (χ1n) is 8.85. The van der Waals surface area contributed by atoms with Crippen molar-refractivity contribution in [2.75, 3.05) is 0 Å². The fourth-order valence-corrected chi connectivity index (χ4v) is 2.58. The lowest BCUT2D eigenvalue weighted by Crippen LogP contribution is -2.08. The Morgan fingerprint density at radius 1 is 0.923 bits per heavy atom. The second-order valence-electron chi connectivity index (χ2n) is 6.21. The monoisotopic (exact) mass is 352 g/mol. The zero-order chi connectivity index (χ0) is 18.9. The standard InChI is InChI=1S/C22H24O4/c1-3-4-5-6-7-17-8-10-19(11-9-17)22(25)26-20-14-12-18(13-15-20)16(2)21(23)24/h8-15H,2-7H2,1H3,(H,23,24). The normalized spacial score (nSPS) is 10.3. The van der Waals surface area contributed by atoms with Crippen LogP contribution in [0.25, 0.3) is 5.57 Å². The van der Waals surface area contributed by atoms with Gasteiger partial charge in [-0.1, -0.05) is 57.0 Å². The van der Waals surface area contributed by atoms with E-state index in [0.29, 0.717) is 16.9 Å². The SMILES string of the molecule is C=C(C(=O)O)c1ccc(OC(=O)c2ccc(CCCCCC)cc2)cc1. The van der Waals surface area contributed by atoms with E-state index in [0.717, 1.165) is 12.8 Å². The molecular weight excluding hydrogens is 328 g/mol. The summed E-state index contributed by atoms with van der Waals surface area (Å²) in [6.07, 6.45) is 5.87. The third-order valence-electron chi connectivity index (χ3n) is 4.18. The third-order valence-corrected chi connectivity index (χ3v) is 4.18. The van der Waals surface area contributed by atoms with Crippen LogP contribution in [-0.2, 0) is 11.2 Å². The van der Waals surface area contributed by atoms with E-state index < -0.39 is 11.9 Å². The van der Waals surface area contributed by atoms with Crippen molar-refractivity contribution in [2.24, 2.45) is 0 Å². The minimum absolute atomic E-state index is 0.00241. The minimum Gasteiger partial charge on any atom is -0.478 e. The topological polar surface area (TPSA) is 63.6 Å². The van der Waals surface area contributed by atoms with Crippen molar-refractivity contribution >= 4 is 17.5 Å². The summed E-state index contributed by atoms with van der Waals surface area (Å²) in [4.78, 5) is 23.1. The van der Waals surface area contributed by atoms with Crippen LogP contribution in [0.1, 0.15) is 54.1 Å². The van der Waals surface area contributed by atoms with Gasteiger partial charge in [0.15, 0.2) is 0 Å². The van der Waals surface area contributed by atoms with Crippen LogP contribution in [-0.4, -0.2) is 17.0 Å². The minimum atomic E-state index is -1.08. The Balaban J connectivity index is 1.93. The van der Waals surface area contributed by atoms with Crippen molar-refractivity contribution in [3.63, 3.8) is 0 Å². The summed E-state index contributed by atoms with van der Waals surface area (Å²) >= 11 is 0. The Morgan fingerprint density at radius 3 is 2.12 bits per heavy atom. The number of hydrogen-bond donors (Lipinski definition) is 1. The molecule has 0 amide bonds. The number of carboxylic acid groups (broad SMARTS) is 1. The van der Waals surface area contributed by atoms with Crippen LogP contribution in [0.3, 0.4) is 0 Å². The Kier molecular flexibility index (Phi) is 7.15. The van der Waals surface area contributed by atoms with Gasteiger partial charge < -0.3 is 9.84 Å². The second kappa shape index (κ2) is 9.56. The molecule has 0 aliphatic rings. The van der Waals surface area contributed by atoms with Crippen molar-refractivity contribution in [2.45, 2.75) is 39.0 Å². The molecule has 2 aromatic carbocycles. The number of carbonyl (C=O) groups excluding carboxylic acids is 1. The third kappa shape index (κ3) is 5.59. The summed E-state index contributed by atoms with van der Waals surface area (Å²) in [6, 6.07) is 13.7. The van der Waals surface area contributed by atoms with Gasteiger partial charge in [-0.15, -0.1) is 0 Å². The maximum atomic E-state index is 12.2. The Bertz CT molecular complexity index is 758. The van der Waals surface area contributed by atoms with Crippen LogP contribution >= 0.6 is 0 Å². The quantitative estimate of drug-likeness (QED) is 0.294. The zero-order valence-corrected chi connectivity index (χ0v) is 15.0. The molecule has 26 heavy (non-hydrogen) atoms. The summed E-state index contributed by atoms with van der Waals surface area (Å²) in [5, 5.41) is 8.92. The smallest absolute Gasteiger partial charge is 0.343 e. The summed E-state index contributed by atoms with van der Waals surface area (Å²) in [6.45, 7) is 5.69. The van der Waals surface area contributed by atoms with Crippen LogP contribution in [0.5, 0.6) is 5.75 Å². The highest BCUT2D eigenvalue weighted by Crippen LogP contribution is 2.19. The van der Waals surface area contributed by atoms with E-state index in [1.165, 1.54) is 24.8 Å². The molecule has 0 bridgehead atoms. The van der Waals surface area contributed by atoms with E-state index in [1.807, 2.05) is 12.1 Å². The van der Waals surface area contributed by atoms with Gasteiger partial charge in [-0.2, -0.15) is 0 Å². The highest BCUT2D eigenvalue weighted by atomic mass is 16.5. The van der Waals surface area contributed by atoms with Gasteiger partial charge in [0.25, 0.3) is 0 Å². The molecule has 0 aromatic heterocycles. The van der Waals surface area contributed by atoms with Crippen LogP contribution in [0.4, 0.5) is 0 Å². The highest BCUT2D eigenvalue weighted by Gasteiger charge is 2.10. The summed E-state index contributed by atoms with van der Waals surface area (Å²) in [5.74, 6) is -1.16. The van der Waals surface area contributed by atoms with Gasteiger partial charge in [-0.05, 0) is 48.2 Å². The highest BCUT2D eigenvalue weighted by molar-refractivity contribution is 6.14. The fraction of sp³-hybridized carbons (Fsp3) is 0.273. The largest absolute Gasteiger partial charge is 0.478 e. The Morgan fingerprint density at radius 2 is 1.54 bits per heavy atom. The molecule has 136 valence electrons. The molecule has 0 saturated heterocycles. The van der Waals surface area contributed by atoms with E-state index in [4.69, 9.17) is 9.84 Å². The van der Waals surface area contributed by atoms with Crippen LogP contribution in [0.2, 0.25) is 0 Å². The molecule has 0 saturated carbocycles. The van der Waals surface area contributed by atoms with Gasteiger partial charge in [-0.25, -0.2) is 9.59 Å². The molecule has 2 rings (SSSR count). The Labute approximate surface area is 154 Å². The number of ether oxygens (including phenoxy) is 1. The lowest BCUT2D eigenvalue weighted by molar-refractivity contribution is -0.130. The van der Waals surface area contributed by atoms with E-state index in [2.05, 4.69) is 13.5 Å². The number of benzene rings is 2. The molecule has 4 heteroatoms. The summed E-state index contributed by atoms with van der Waals surface area (Å²) in [7, 11) is 0. The second-order valence-corrected chi connectivity index (χ2v) is 6.21. The van der Waals surface area contributed by atoms with Crippen molar-refractivity contribution in [1.82, 2.24) is 0 Å². The van der Waals surface area contributed by atoms with Crippen molar-refractivity contribution in [3.05, 3.63) is 71.8 Å². The lowest BCUT2D eigenvalue weighted by Gasteiger charge is -2.07. The number of carbonyl (C=O) groups is 2. The molecule has 0 spiro atoms. The van der Waals surface area contributed by atoms with Crippen LogP contribution < -0.4 is 4.74 Å². The van der Waals surface area contributed by atoms with Gasteiger partial charge in [0.2, 0.25) is 0 Å². The zero-order valence-electron chi connectivity index (χ0n) is 15.0. The molecule has 0 fully saturated rings. The number of rotatable bonds is 9. The molecule has 0 atom stereocenters. The lowest BCUT2D eigenvalue weighted by atomic mass is 10.0. The van der Waals surface area contributed by atoms with Gasteiger partial charge in [-0.3, -0.25) is 0 Å². The summed E-state index contributed by atoms with van der Waals surface area (Å²) in [5.41, 5.74) is 2.18. The maximum absolute atomic E-state index is 12.2. The molecule has 1 N–H and O–H groups in total. The maximum Gasteiger partial charge on any atom is 0.343 e. The molecule has 2 aromatic rings. The number of aryl methyl sites for hydroxylation is 1. The van der Waals surface area contributed by atoms with E-state index in [1.54, 1.807) is 36.4 Å². The predicted molar refractivity (Wildman–Crippen MR) is 102 cm³/mol. The van der Waals surface area contributed by atoms with Crippen molar-refractivity contribution < 1.29 is 19.4 Å². The average Bonchev–Trinajstić information content (AvgIpc) is 2.65. The molecule has 0 aliphatic carbocycles. The van der Waals surface area contributed by atoms with E-state index in [9.17, 15) is 9.59 Å².